The molecule has 6 nitrogen and oxygen atoms in total. The molecule has 1 saturated carbocycles. The zero-order valence-electron chi connectivity index (χ0n) is 14.9. The largest absolute Gasteiger partial charge is 0.388 e. The fourth-order valence-corrected chi connectivity index (χ4v) is 2.94. The van der Waals surface area contributed by atoms with Gasteiger partial charge in [-0.1, -0.05) is 12.1 Å². The number of hydrogen-bond acceptors (Lipinski definition) is 3. The SMILES string of the molecule is CCNC(=NCC1(O)CCC1)NC(C)c1cccc(-n2cccn2)c1. The molecule has 1 aliphatic rings. The molecule has 0 aliphatic heterocycles. The minimum Gasteiger partial charge on any atom is -0.388 e. The van der Waals surface area contributed by atoms with E-state index in [4.69, 9.17) is 0 Å². The summed E-state index contributed by atoms with van der Waals surface area (Å²) in [6.45, 7) is 5.37. The van der Waals surface area contributed by atoms with Crippen LogP contribution in [0.5, 0.6) is 0 Å². The third-order valence-corrected chi connectivity index (χ3v) is 4.65. The lowest BCUT2D eigenvalue weighted by molar-refractivity contribution is -0.0236. The van der Waals surface area contributed by atoms with Gasteiger partial charge in [0.25, 0.3) is 0 Å². The first-order valence-electron chi connectivity index (χ1n) is 8.97. The molecule has 134 valence electrons. The molecule has 0 saturated heterocycles. The van der Waals surface area contributed by atoms with Crippen molar-refractivity contribution in [3.63, 3.8) is 0 Å². The van der Waals surface area contributed by atoms with Crippen molar-refractivity contribution in [1.29, 1.82) is 0 Å². The van der Waals surface area contributed by atoms with Gasteiger partial charge in [-0.3, -0.25) is 4.99 Å². The average Bonchev–Trinajstić information content (AvgIpc) is 3.13. The highest BCUT2D eigenvalue weighted by Gasteiger charge is 2.34. The Morgan fingerprint density at radius 2 is 2.24 bits per heavy atom. The van der Waals surface area contributed by atoms with Crippen LogP contribution in [0.25, 0.3) is 5.69 Å². The number of nitrogens with one attached hydrogen (secondary N) is 2. The molecule has 1 fully saturated rings. The Balaban J connectivity index is 1.69. The van der Waals surface area contributed by atoms with Crippen molar-refractivity contribution in [2.45, 2.75) is 44.8 Å². The second-order valence-corrected chi connectivity index (χ2v) is 6.68. The first-order chi connectivity index (χ1) is 12.1. The van der Waals surface area contributed by atoms with Gasteiger partial charge in [0, 0.05) is 18.9 Å². The van der Waals surface area contributed by atoms with Crippen LogP contribution in [0.15, 0.2) is 47.7 Å². The van der Waals surface area contributed by atoms with Crippen molar-refractivity contribution in [1.82, 2.24) is 20.4 Å². The van der Waals surface area contributed by atoms with Crippen LogP contribution >= 0.6 is 0 Å². The maximum Gasteiger partial charge on any atom is 0.191 e. The minimum absolute atomic E-state index is 0.0874. The van der Waals surface area contributed by atoms with Gasteiger partial charge in [-0.15, -0.1) is 0 Å². The van der Waals surface area contributed by atoms with Gasteiger partial charge < -0.3 is 15.7 Å². The minimum atomic E-state index is -0.606. The van der Waals surface area contributed by atoms with Crippen LogP contribution in [0.4, 0.5) is 0 Å². The predicted molar refractivity (Wildman–Crippen MR) is 99.9 cm³/mol. The topological polar surface area (TPSA) is 74.5 Å². The van der Waals surface area contributed by atoms with Crippen molar-refractivity contribution in [3.8, 4) is 5.69 Å². The number of aliphatic hydroxyl groups is 1. The van der Waals surface area contributed by atoms with Crippen LogP contribution in [0, 0.1) is 0 Å². The van der Waals surface area contributed by atoms with E-state index in [-0.39, 0.29) is 6.04 Å². The van der Waals surface area contributed by atoms with Crippen LogP contribution in [-0.2, 0) is 0 Å². The predicted octanol–water partition coefficient (Wildman–Crippen LogP) is 2.40. The second-order valence-electron chi connectivity index (χ2n) is 6.68. The van der Waals surface area contributed by atoms with Crippen LogP contribution in [0.3, 0.4) is 0 Å². The summed E-state index contributed by atoms with van der Waals surface area (Å²) in [5.41, 5.74) is 1.58. The standard InChI is InChI=1S/C19H27N5O/c1-3-20-18(21-14-19(25)9-5-10-19)23-15(2)16-7-4-8-17(13-16)24-12-6-11-22-24/h4,6-8,11-13,15,25H,3,5,9-10,14H2,1-2H3,(H2,20,21,23). The van der Waals surface area contributed by atoms with Crippen molar-refractivity contribution in [2.75, 3.05) is 13.1 Å². The van der Waals surface area contributed by atoms with Crippen molar-refractivity contribution in [2.24, 2.45) is 4.99 Å². The first kappa shape index (κ1) is 17.5. The lowest BCUT2D eigenvalue weighted by Gasteiger charge is -2.35. The van der Waals surface area contributed by atoms with Crippen LogP contribution < -0.4 is 10.6 Å². The van der Waals surface area contributed by atoms with Gasteiger partial charge in [0.05, 0.1) is 23.9 Å². The molecule has 0 amide bonds. The Labute approximate surface area is 149 Å². The quantitative estimate of drug-likeness (QED) is 0.557. The van der Waals surface area contributed by atoms with Crippen LogP contribution in [0.1, 0.15) is 44.7 Å². The van der Waals surface area contributed by atoms with Gasteiger partial charge in [0.15, 0.2) is 5.96 Å². The summed E-state index contributed by atoms with van der Waals surface area (Å²) >= 11 is 0. The first-order valence-corrected chi connectivity index (χ1v) is 8.97. The van der Waals surface area contributed by atoms with Gasteiger partial charge in [0.2, 0.25) is 0 Å². The number of aliphatic imine (C=N–C) groups is 1. The highest BCUT2D eigenvalue weighted by molar-refractivity contribution is 5.80. The van der Waals surface area contributed by atoms with Gasteiger partial charge >= 0.3 is 0 Å². The van der Waals surface area contributed by atoms with Gasteiger partial charge in [-0.25, -0.2) is 4.68 Å². The fourth-order valence-electron chi connectivity index (χ4n) is 2.94. The highest BCUT2D eigenvalue weighted by atomic mass is 16.3. The average molecular weight is 341 g/mol. The van der Waals surface area contributed by atoms with E-state index in [9.17, 15) is 5.11 Å². The Bertz CT molecular complexity index is 706. The monoisotopic (exact) mass is 341 g/mol. The smallest absolute Gasteiger partial charge is 0.191 e. The third-order valence-electron chi connectivity index (χ3n) is 4.65. The molecule has 1 aliphatic carbocycles. The molecule has 1 heterocycles. The van der Waals surface area contributed by atoms with E-state index in [1.54, 1.807) is 6.20 Å². The summed E-state index contributed by atoms with van der Waals surface area (Å²) < 4.78 is 1.85. The maximum atomic E-state index is 10.2. The Morgan fingerprint density at radius 3 is 2.88 bits per heavy atom. The van der Waals surface area contributed by atoms with E-state index >= 15 is 0 Å². The summed E-state index contributed by atoms with van der Waals surface area (Å²) in [5, 5.41) is 21.2. The molecular weight excluding hydrogens is 314 g/mol. The zero-order valence-corrected chi connectivity index (χ0v) is 14.9. The van der Waals surface area contributed by atoms with Crippen molar-refractivity contribution >= 4 is 5.96 Å². The Hall–Kier alpha value is -2.34. The van der Waals surface area contributed by atoms with E-state index in [2.05, 4.69) is 39.8 Å². The molecule has 1 aromatic heterocycles. The summed E-state index contributed by atoms with van der Waals surface area (Å²) in [4.78, 5) is 4.57. The molecule has 1 atom stereocenters. The molecule has 6 heteroatoms. The Morgan fingerprint density at radius 1 is 1.40 bits per heavy atom. The molecule has 1 aromatic carbocycles. The number of hydrogen-bond donors (Lipinski definition) is 3. The maximum absolute atomic E-state index is 10.2. The molecule has 1 unspecified atom stereocenters. The summed E-state index contributed by atoms with van der Waals surface area (Å²) in [6.07, 6.45) is 6.48. The molecule has 2 aromatic rings. The molecule has 25 heavy (non-hydrogen) atoms. The van der Waals surface area contributed by atoms with Gasteiger partial charge in [-0.2, -0.15) is 5.10 Å². The summed E-state index contributed by atoms with van der Waals surface area (Å²) in [7, 11) is 0. The summed E-state index contributed by atoms with van der Waals surface area (Å²) in [5.74, 6) is 0.736. The van der Waals surface area contributed by atoms with E-state index in [1.165, 1.54) is 0 Å². The zero-order chi connectivity index (χ0) is 17.7. The van der Waals surface area contributed by atoms with Crippen molar-refractivity contribution in [3.05, 3.63) is 48.3 Å². The van der Waals surface area contributed by atoms with E-state index in [1.807, 2.05) is 36.0 Å². The summed E-state index contributed by atoms with van der Waals surface area (Å²) in [6, 6.07) is 10.3. The fraction of sp³-hybridized carbons (Fsp3) is 0.474. The highest BCUT2D eigenvalue weighted by Crippen LogP contribution is 2.31. The van der Waals surface area contributed by atoms with Gasteiger partial charge in [-0.05, 0) is 56.9 Å². The number of nitrogens with zero attached hydrogens (tertiary/aromatic N) is 3. The Kier molecular flexibility index (Phi) is 5.38. The number of rotatable bonds is 6. The van der Waals surface area contributed by atoms with Crippen molar-refractivity contribution < 1.29 is 5.11 Å². The molecule has 0 radical (unpaired) electrons. The number of aromatic nitrogens is 2. The lowest BCUT2D eigenvalue weighted by Crippen LogP contribution is -2.43. The van der Waals surface area contributed by atoms with E-state index in [0.29, 0.717) is 6.54 Å². The molecule has 3 N–H and O–H groups in total. The molecule has 0 spiro atoms. The van der Waals surface area contributed by atoms with Crippen LogP contribution in [0.2, 0.25) is 0 Å². The van der Waals surface area contributed by atoms with E-state index < -0.39 is 5.60 Å². The molecular formula is C19H27N5O. The molecule has 3 rings (SSSR count). The number of benzene rings is 1. The lowest BCUT2D eigenvalue weighted by atomic mass is 9.80. The third kappa shape index (κ3) is 4.39. The van der Waals surface area contributed by atoms with Crippen LogP contribution in [-0.4, -0.2) is 39.5 Å². The molecule has 0 bridgehead atoms. The normalized spacial score (nSPS) is 17.6. The second kappa shape index (κ2) is 7.70. The van der Waals surface area contributed by atoms with E-state index in [0.717, 1.165) is 43.0 Å². The van der Waals surface area contributed by atoms with Gasteiger partial charge in [0.1, 0.15) is 0 Å². The number of guanidine groups is 1.